The maximum absolute atomic E-state index is 5.33. The Labute approximate surface area is 48.8 Å². The van der Waals surface area contributed by atoms with Crippen LogP contribution in [0.5, 0.6) is 0 Å². The van der Waals surface area contributed by atoms with Gasteiger partial charge in [-0.3, -0.25) is 0 Å². The molecule has 1 saturated heterocycles. The van der Waals surface area contributed by atoms with Gasteiger partial charge in [-0.25, -0.2) is 0 Å². The predicted molar refractivity (Wildman–Crippen MR) is 29.4 cm³/mol. The Hall–Kier alpha value is 0.719. The van der Waals surface area contributed by atoms with E-state index in [2.05, 4.69) is 9.88 Å². The fourth-order valence-corrected chi connectivity index (χ4v) is 4.14. The summed E-state index contributed by atoms with van der Waals surface area (Å²) in [5.41, 5.74) is 0. The van der Waals surface area contributed by atoms with Crippen LogP contribution in [0.3, 0.4) is 0 Å². The average molecular weight is 209 g/mol. The van der Waals surface area contributed by atoms with Gasteiger partial charge < -0.3 is 0 Å². The van der Waals surface area contributed by atoms with E-state index in [4.69, 9.17) is 6.15 Å². The minimum atomic E-state index is -2.17. The standard InChI is InChI=1S/C2H4O2.2CH3.Sn/c3-1-2-4;;;/h1-2H2;2*1H3;/q-2;;;+2. The van der Waals surface area contributed by atoms with E-state index in [-0.39, 0.29) is 0 Å². The second-order valence-corrected chi connectivity index (χ2v) is 11.7. The summed E-state index contributed by atoms with van der Waals surface area (Å²) in [4.78, 5) is 4.25. The van der Waals surface area contributed by atoms with Crippen molar-refractivity contribution in [2.24, 2.45) is 0 Å². The molecule has 1 aliphatic rings. The van der Waals surface area contributed by atoms with Crippen molar-refractivity contribution in [2.45, 2.75) is 9.88 Å². The molecule has 0 atom stereocenters. The Morgan fingerprint density at radius 1 is 1.14 bits per heavy atom. The normalized spacial score (nSPS) is 28.3. The Balaban J connectivity index is 2.40. The van der Waals surface area contributed by atoms with E-state index in [0.717, 1.165) is 13.2 Å². The summed E-state index contributed by atoms with van der Waals surface area (Å²) < 4.78 is 10.7. The maximum atomic E-state index is 5.33. The molecule has 0 N–H and O–H groups in total. The third-order valence-electron chi connectivity index (χ3n) is 0.983. The SMILES string of the molecule is [CH3][Sn]1([CH3])[O]CC[O]1. The van der Waals surface area contributed by atoms with E-state index in [1.165, 1.54) is 0 Å². The van der Waals surface area contributed by atoms with Crippen molar-refractivity contribution in [2.75, 3.05) is 13.2 Å². The molecule has 0 amide bonds. The first-order chi connectivity index (χ1) is 3.21. The van der Waals surface area contributed by atoms with Gasteiger partial charge in [-0.05, 0) is 0 Å². The molecule has 0 bridgehead atoms. The summed E-state index contributed by atoms with van der Waals surface area (Å²) >= 11 is -2.17. The second-order valence-electron chi connectivity index (χ2n) is 2.10. The van der Waals surface area contributed by atoms with Crippen LogP contribution in [0.1, 0.15) is 0 Å². The van der Waals surface area contributed by atoms with E-state index in [1.54, 1.807) is 0 Å². The van der Waals surface area contributed by atoms with E-state index < -0.39 is 19.2 Å². The second kappa shape index (κ2) is 1.91. The van der Waals surface area contributed by atoms with Crippen LogP contribution in [0.2, 0.25) is 9.88 Å². The van der Waals surface area contributed by atoms with Gasteiger partial charge in [-0.2, -0.15) is 0 Å². The van der Waals surface area contributed by atoms with Gasteiger partial charge in [0, 0.05) is 0 Å². The molecule has 3 heteroatoms. The van der Waals surface area contributed by atoms with Crippen LogP contribution in [-0.2, 0) is 6.15 Å². The molecule has 1 heterocycles. The Morgan fingerprint density at radius 3 is 1.71 bits per heavy atom. The minimum absolute atomic E-state index is 0.836. The molecule has 0 radical (unpaired) electrons. The zero-order chi connectivity index (χ0) is 5.33. The Kier molecular flexibility index (Phi) is 1.60. The number of hydrogen-bond acceptors (Lipinski definition) is 2. The zero-order valence-electron chi connectivity index (χ0n) is 4.73. The predicted octanol–water partition coefficient (Wildman–Crippen LogP) is 0.735. The molecule has 1 fully saturated rings. The molecule has 1 aliphatic heterocycles. The molecule has 0 unspecified atom stereocenters. The van der Waals surface area contributed by atoms with Crippen molar-refractivity contribution < 1.29 is 6.15 Å². The van der Waals surface area contributed by atoms with Crippen LogP contribution < -0.4 is 0 Å². The van der Waals surface area contributed by atoms with Crippen LogP contribution in [0, 0.1) is 0 Å². The first kappa shape index (κ1) is 5.85. The molecule has 0 spiro atoms. The van der Waals surface area contributed by atoms with Crippen LogP contribution in [0.15, 0.2) is 0 Å². The van der Waals surface area contributed by atoms with Gasteiger partial charge in [0.15, 0.2) is 0 Å². The fourth-order valence-electron chi connectivity index (χ4n) is 0.617. The summed E-state index contributed by atoms with van der Waals surface area (Å²) in [6, 6.07) is 0. The third kappa shape index (κ3) is 1.58. The van der Waals surface area contributed by atoms with Crippen molar-refractivity contribution in [1.29, 1.82) is 0 Å². The molecule has 42 valence electrons. The van der Waals surface area contributed by atoms with Gasteiger partial charge in [0.1, 0.15) is 0 Å². The van der Waals surface area contributed by atoms with Crippen LogP contribution in [0.4, 0.5) is 0 Å². The van der Waals surface area contributed by atoms with E-state index >= 15 is 0 Å². The topological polar surface area (TPSA) is 18.5 Å². The molecule has 1 rings (SSSR count). The zero-order valence-corrected chi connectivity index (χ0v) is 7.58. The van der Waals surface area contributed by atoms with Gasteiger partial charge in [0.25, 0.3) is 0 Å². The fraction of sp³-hybridized carbons (Fsp3) is 1.00. The van der Waals surface area contributed by atoms with Gasteiger partial charge in [0.05, 0.1) is 0 Å². The van der Waals surface area contributed by atoms with Crippen molar-refractivity contribution in [3.63, 3.8) is 0 Å². The number of rotatable bonds is 0. The van der Waals surface area contributed by atoms with Crippen molar-refractivity contribution in [1.82, 2.24) is 0 Å². The molecule has 0 aliphatic carbocycles. The molecular weight excluding hydrogens is 199 g/mol. The monoisotopic (exact) mass is 210 g/mol. The number of hydrogen-bond donors (Lipinski definition) is 0. The summed E-state index contributed by atoms with van der Waals surface area (Å²) in [5, 5.41) is 0. The summed E-state index contributed by atoms with van der Waals surface area (Å²) in [6.45, 7) is 1.67. The van der Waals surface area contributed by atoms with E-state index in [9.17, 15) is 0 Å². The van der Waals surface area contributed by atoms with E-state index in [0.29, 0.717) is 0 Å². The van der Waals surface area contributed by atoms with Crippen LogP contribution >= 0.6 is 0 Å². The van der Waals surface area contributed by atoms with Gasteiger partial charge >= 0.3 is 48.4 Å². The van der Waals surface area contributed by atoms with Gasteiger partial charge in [-0.1, -0.05) is 0 Å². The molecule has 0 aromatic rings. The van der Waals surface area contributed by atoms with Gasteiger partial charge in [0.2, 0.25) is 0 Å². The molecule has 0 aromatic heterocycles. The molecule has 0 saturated carbocycles. The Morgan fingerprint density at radius 2 is 1.57 bits per heavy atom. The molecule has 0 aromatic carbocycles. The van der Waals surface area contributed by atoms with Crippen LogP contribution in [-0.4, -0.2) is 32.4 Å². The molecule has 2 nitrogen and oxygen atoms in total. The summed E-state index contributed by atoms with van der Waals surface area (Å²) in [5.74, 6) is 0. The summed E-state index contributed by atoms with van der Waals surface area (Å²) in [7, 11) is 0. The molecular formula is C4H10O2Sn. The van der Waals surface area contributed by atoms with Crippen molar-refractivity contribution >= 4 is 19.2 Å². The first-order valence-corrected chi connectivity index (χ1v) is 10.5. The quantitative estimate of drug-likeness (QED) is 0.547. The first-order valence-electron chi connectivity index (χ1n) is 2.49. The van der Waals surface area contributed by atoms with E-state index in [1.807, 2.05) is 0 Å². The van der Waals surface area contributed by atoms with Gasteiger partial charge in [-0.15, -0.1) is 0 Å². The van der Waals surface area contributed by atoms with Crippen LogP contribution in [0.25, 0.3) is 0 Å². The third-order valence-corrected chi connectivity index (χ3v) is 6.12. The van der Waals surface area contributed by atoms with Crippen molar-refractivity contribution in [3.8, 4) is 0 Å². The summed E-state index contributed by atoms with van der Waals surface area (Å²) in [6.07, 6.45) is 0. The Bertz CT molecular complexity index is 64.1. The van der Waals surface area contributed by atoms with Crippen molar-refractivity contribution in [3.05, 3.63) is 0 Å². The average Bonchev–Trinajstić information content (AvgIpc) is 1.84. The molecule has 7 heavy (non-hydrogen) atoms.